The molecule has 0 amide bonds. The molecule has 230 valence electrons. The molecule has 0 atom stereocenters. The van der Waals surface area contributed by atoms with Crippen molar-refractivity contribution in [2.45, 2.75) is 200 Å². The summed E-state index contributed by atoms with van der Waals surface area (Å²) in [5, 5.41) is 0. The molecular weight excluding hydrogens is 476 g/mol. The summed E-state index contributed by atoms with van der Waals surface area (Å²) in [5.41, 5.74) is 0. The van der Waals surface area contributed by atoms with Crippen LogP contribution in [0.1, 0.15) is 200 Å². The molecule has 0 heterocycles. The number of allylic oxidation sites excluding steroid dienone is 4. The average Bonchev–Trinajstić information content (AvgIpc) is 2.94. The van der Waals surface area contributed by atoms with Gasteiger partial charge in [0.1, 0.15) is 0 Å². The lowest BCUT2D eigenvalue weighted by Gasteiger charge is -2.05. The third-order valence-electron chi connectivity index (χ3n) is 7.84. The van der Waals surface area contributed by atoms with Gasteiger partial charge in [-0.05, 0) is 44.9 Å². The van der Waals surface area contributed by atoms with Crippen LogP contribution in [0.2, 0.25) is 0 Å². The van der Waals surface area contributed by atoms with Crippen molar-refractivity contribution in [3.05, 3.63) is 24.3 Å². The lowest BCUT2D eigenvalue weighted by atomic mass is 10.0. The van der Waals surface area contributed by atoms with Gasteiger partial charge in [0.2, 0.25) is 0 Å². The molecule has 0 N–H and O–H groups in total. The fraction of sp³-hybridized carbons (Fsp3) is 0.865. The van der Waals surface area contributed by atoms with Crippen molar-refractivity contribution in [1.82, 2.24) is 0 Å². The first-order chi connectivity index (χ1) is 19.3. The van der Waals surface area contributed by atoms with Gasteiger partial charge >= 0.3 is 5.97 Å². The van der Waals surface area contributed by atoms with E-state index >= 15 is 0 Å². The maximum absolute atomic E-state index is 11.9. The number of ether oxygens (including phenoxy) is 1. The minimum absolute atomic E-state index is 0.0113. The Hall–Kier alpha value is -1.05. The number of hydrogen-bond donors (Lipinski definition) is 0. The lowest BCUT2D eigenvalue weighted by Crippen LogP contribution is -2.05. The smallest absolute Gasteiger partial charge is 0.305 e. The SMILES string of the molecule is CCCCCC=CCC=CCCCCCCCC(=O)OCCCCCCCCCCCCCCCCCCC. The number of carbonyl (C=O) groups excluding carboxylic acids is 1. The molecule has 0 bridgehead atoms. The molecular formula is C37H70O2. The number of unbranched alkanes of at least 4 members (excludes halogenated alkanes) is 24. The quantitative estimate of drug-likeness (QED) is 0.0476. The molecule has 0 saturated heterocycles. The highest BCUT2D eigenvalue weighted by Crippen LogP contribution is 2.14. The molecule has 0 aliphatic carbocycles. The third kappa shape index (κ3) is 34.9. The summed E-state index contributed by atoms with van der Waals surface area (Å²) in [7, 11) is 0. The van der Waals surface area contributed by atoms with Crippen LogP contribution in [0.4, 0.5) is 0 Å². The molecule has 0 fully saturated rings. The fourth-order valence-electron chi connectivity index (χ4n) is 5.17. The van der Waals surface area contributed by atoms with Gasteiger partial charge in [-0.25, -0.2) is 0 Å². The Balaban J connectivity index is 3.21. The van der Waals surface area contributed by atoms with E-state index in [0.717, 1.165) is 25.7 Å². The predicted molar refractivity (Wildman–Crippen MR) is 174 cm³/mol. The molecule has 2 heteroatoms. The van der Waals surface area contributed by atoms with Crippen LogP contribution < -0.4 is 0 Å². The molecule has 0 saturated carbocycles. The molecule has 0 aliphatic heterocycles. The van der Waals surface area contributed by atoms with E-state index in [1.807, 2.05) is 0 Å². The van der Waals surface area contributed by atoms with Gasteiger partial charge in [-0.3, -0.25) is 4.79 Å². The maximum atomic E-state index is 11.9. The zero-order chi connectivity index (χ0) is 28.3. The summed E-state index contributed by atoms with van der Waals surface area (Å²) in [5.74, 6) is 0.0113. The summed E-state index contributed by atoms with van der Waals surface area (Å²) >= 11 is 0. The van der Waals surface area contributed by atoms with Gasteiger partial charge < -0.3 is 4.74 Å². The van der Waals surface area contributed by atoms with Crippen LogP contribution in [0.5, 0.6) is 0 Å². The molecule has 0 spiro atoms. The zero-order valence-corrected chi connectivity index (χ0v) is 26.8. The van der Waals surface area contributed by atoms with Gasteiger partial charge in [0.05, 0.1) is 6.61 Å². The Morgan fingerprint density at radius 1 is 0.436 bits per heavy atom. The van der Waals surface area contributed by atoms with Crippen molar-refractivity contribution < 1.29 is 9.53 Å². The molecule has 0 aromatic rings. The van der Waals surface area contributed by atoms with Crippen molar-refractivity contribution >= 4 is 5.97 Å². The second-order valence-corrected chi connectivity index (χ2v) is 11.9. The lowest BCUT2D eigenvalue weighted by molar-refractivity contribution is -0.143. The second-order valence-electron chi connectivity index (χ2n) is 11.9. The largest absolute Gasteiger partial charge is 0.466 e. The number of carbonyl (C=O) groups is 1. The predicted octanol–water partition coefficient (Wildman–Crippen LogP) is 13.0. The summed E-state index contributed by atoms with van der Waals surface area (Å²) in [6.07, 6.45) is 46.6. The monoisotopic (exact) mass is 547 g/mol. The van der Waals surface area contributed by atoms with Gasteiger partial charge in [0, 0.05) is 6.42 Å². The second kappa shape index (κ2) is 35.0. The van der Waals surface area contributed by atoms with Crippen LogP contribution in [0.25, 0.3) is 0 Å². The first-order valence-corrected chi connectivity index (χ1v) is 17.8. The topological polar surface area (TPSA) is 26.3 Å². The van der Waals surface area contributed by atoms with Crippen molar-refractivity contribution in [3.63, 3.8) is 0 Å². The summed E-state index contributed by atoms with van der Waals surface area (Å²) in [6, 6.07) is 0. The van der Waals surface area contributed by atoms with Crippen LogP contribution in [-0.2, 0) is 9.53 Å². The standard InChI is InChI=1S/C37H70O2/c1-3-5-7-9-11-13-15-17-19-20-22-24-26-28-30-32-34-36-39-37(38)35-33-31-29-27-25-23-21-18-16-14-12-10-8-6-4-2/h12,14,18,21H,3-11,13,15-17,19-20,22-36H2,1-2H3. The third-order valence-corrected chi connectivity index (χ3v) is 7.84. The van der Waals surface area contributed by atoms with E-state index in [1.54, 1.807) is 0 Å². The van der Waals surface area contributed by atoms with E-state index in [0.29, 0.717) is 13.0 Å². The highest BCUT2D eigenvalue weighted by Gasteiger charge is 2.02. The van der Waals surface area contributed by atoms with Gasteiger partial charge in [-0.1, -0.05) is 173 Å². The van der Waals surface area contributed by atoms with Crippen molar-refractivity contribution in [2.24, 2.45) is 0 Å². The summed E-state index contributed by atoms with van der Waals surface area (Å²) in [4.78, 5) is 11.9. The van der Waals surface area contributed by atoms with Gasteiger partial charge in [0.15, 0.2) is 0 Å². The van der Waals surface area contributed by atoms with E-state index in [2.05, 4.69) is 38.2 Å². The summed E-state index contributed by atoms with van der Waals surface area (Å²) in [6.45, 7) is 5.17. The minimum atomic E-state index is 0.0113. The highest BCUT2D eigenvalue weighted by molar-refractivity contribution is 5.69. The van der Waals surface area contributed by atoms with Crippen molar-refractivity contribution in [1.29, 1.82) is 0 Å². The van der Waals surface area contributed by atoms with E-state index in [1.165, 1.54) is 154 Å². The van der Waals surface area contributed by atoms with Crippen LogP contribution in [0, 0.1) is 0 Å². The molecule has 39 heavy (non-hydrogen) atoms. The Kier molecular flexibility index (Phi) is 34.0. The normalized spacial score (nSPS) is 11.7. The Morgan fingerprint density at radius 3 is 1.28 bits per heavy atom. The van der Waals surface area contributed by atoms with E-state index in [9.17, 15) is 4.79 Å². The Morgan fingerprint density at radius 2 is 0.795 bits per heavy atom. The number of esters is 1. The summed E-state index contributed by atoms with van der Waals surface area (Å²) < 4.78 is 5.43. The van der Waals surface area contributed by atoms with Crippen LogP contribution in [0.15, 0.2) is 24.3 Å². The average molecular weight is 547 g/mol. The molecule has 0 aromatic heterocycles. The minimum Gasteiger partial charge on any atom is -0.466 e. The van der Waals surface area contributed by atoms with E-state index < -0.39 is 0 Å². The van der Waals surface area contributed by atoms with Crippen LogP contribution in [0.3, 0.4) is 0 Å². The fourth-order valence-corrected chi connectivity index (χ4v) is 5.17. The van der Waals surface area contributed by atoms with Crippen molar-refractivity contribution in [2.75, 3.05) is 6.61 Å². The van der Waals surface area contributed by atoms with Crippen LogP contribution in [-0.4, -0.2) is 12.6 Å². The van der Waals surface area contributed by atoms with Crippen LogP contribution >= 0.6 is 0 Å². The first-order valence-electron chi connectivity index (χ1n) is 17.8. The molecule has 0 aliphatic rings. The van der Waals surface area contributed by atoms with E-state index in [-0.39, 0.29) is 5.97 Å². The zero-order valence-electron chi connectivity index (χ0n) is 26.8. The maximum Gasteiger partial charge on any atom is 0.305 e. The highest BCUT2D eigenvalue weighted by atomic mass is 16.5. The van der Waals surface area contributed by atoms with Crippen molar-refractivity contribution in [3.8, 4) is 0 Å². The first kappa shape index (κ1) is 38.0. The van der Waals surface area contributed by atoms with E-state index in [4.69, 9.17) is 4.74 Å². The molecule has 2 nitrogen and oxygen atoms in total. The molecule has 0 rings (SSSR count). The Labute approximate surface area is 246 Å². The Bertz CT molecular complexity index is 522. The van der Waals surface area contributed by atoms with Gasteiger partial charge in [-0.2, -0.15) is 0 Å². The van der Waals surface area contributed by atoms with Gasteiger partial charge in [0.25, 0.3) is 0 Å². The molecule has 0 aromatic carbocycles. The number of rotatable bonds is 32. The molecule has 0 radical (unpaired) electrons. The van der Waals surface area contributed by atoms with Gasteiger partial charge in [-0.15, -0.1) is 0 Å². The molecule has 0 unspecified atom stereocenters. The number of hydrogen-bond acceptors (Lipinski definition) is 2.